The molecule has 0 aliphatic carbocycles. The summed E-state index contributed by atoms with van der Waals surface area (Å²) in [7, 11) is 0. The molecule has 2 amide bonds. The maximum Gasteiger partial charge on any atom is 0.251 e. The molecule has 0 radical (unpaired) electrons. The molecule has 1 aromatic carbocycles. The van der Waals surface area contributed by atoms with Gasteiger partial charge >= 0.3 is 0 Å². The zero-order valence-electron chi connectivity index (χ0n) is 11.9. The van der Waals surface area contributed by atoms with Gasteiger partial charge in [-0.15, -0.1) is 0 Å². The highest BCUT2D eigenvalue weighted by Gasteiger charge is 2.15. The zero-order chi connectivity index (χ0) is 15.1. The third-order valence-corrected chi connectivity index (χ3v) is 3.51. The van der Waals surface area contributed by atoms with Gasteiger partial charge in [-0.05, 0) is 43.0 Å². The number of ether oxygens (including phenoxy) is 1. The van der Waals surface area contributed by atoms with Crippen LogP contribution in [0.3, 0.4) is 0 Å². The topological polar surface area (TPSA) is 93.5 Å². The van der Waals surface area contributed by atoms with Crippen LogP contribution < -0.4 is 16.4 Å². The average Bonchev–Trinajstić information content (AvgIpc) is 2.52. The number of hydrogen-bond acceptors (Lipinski definition) is 4. The Balaban J connectivity index is 1.68. The Morgan fingerprint density at radius 3 is 2.48 bits per heavy atom. The first-order valence-electron chi connectivity index (χ1n) is 7.13. The van der Waals surface area contributed by atoms with E-state index in [2.05, 4.69) is 10.6 Å². The van der Waals surface area contributed by atoms with E-state index in [1.54, 1.807) is 24.3 Å². The fraction of sp³-hybridized carbons (Fsp3) is 0.467. The summed E-state index contributed by atoms with van der Waals surface area (Å²) in [6.07, 6.45) is 1.94. The minimum absolute atomic E-state index is 0.0214. The van der Waals surface area contributed by atoms with Crippen LogP contribution in [0.1, 0.15) is 23.2 Å². The maximum absolute atomic E-state index is 11.8. The van der Waals surface area contributed by atoms with Crippen molar-refractivity contribution in [3.05, 3.63) is 29.8 Å². The molecule has 1 aliphatic heterocycles. The number of amides is 2. The summed E-state index contributed by atoms with van der Waals surface area (Å²) >= 11 is 0. The van der Waals surface area contributed by atoms with E-state index >= 15 is 0 Å². The highest BCUT2D eigenvalue weighted by molar-refractivity contribution is 5.96. The summed E-state index contributed by atoms with van der Waals surface area (Å²) in [5, 5.41) is 5.43. The minimum atomic E-state index is -0.281. The lowest BCUT2D eigenvalue weighted by Crippen LogP contribution is -2.39. The highest BCUT2D eigenvalue weighted by atomic mass is 16.5. The number of benzene rings is 1. The van der Waals surface area contributed by atoms with Crippen LogP contribution in [-0.4, -0.2) is 38.1 Å². The van der Waals surface area contributed by atoms with Gasteiger partial charge in [0, 0.05) is 31.0 Å². The molecule has 4 N–H and O–H groups in total. The van der Waals surface area contributed by atoms with Gasteiger partial charge in [0.2, 0.25) is 5.91 Å². The molecule has 1 fully saturated rings. The Hall–Kier alpha value is -2.08. The van der Waals surface area contributed by atoms with Crippen LogP contribution in [0.15, 0.2) is 24.3 Å². The van der Waals surface area contributed by atoms with Crippen molar-refractivity contribution in [1.82, 2.24) is 10.6 Å². The Morgan fingerprint density at radius 1 is 1.14 bits per heavy atom. The van der Waals surface area contributed by atoms with Crippen LogP contribution >= 0.6 is 0 Å². The van der Waals surface area contributed by atoms with Crippen molar-refractivity contribution in [3.63, 3.8) is 0 Å². The van der Waals surface area contributed by atoms with Gasteiger partial charge in [-0.3, -0.25) is 9.59 Å². The standard InChI is InChI=1S/C15H21N3O3/c16-13-3-1-12(2-4-13)15(20)18-10-14(19)17-9-11-5-7-21-8-6-11/h1-4,11H,5-10,16H2,(H,17,19)(H,18,20). The first-order valence-corrected chi connectivity index (χ1v) is 7.13. The summed E-state index contributed by atoms with van der Waals surface area (Å²) in [5.41, 5.74) is 6.64. The summed E-state index contributed by atoms with van der Waals surface area (Å²) in [5.74, 6) is 0.0111. The molecule has 0 atom stereocenters. The quantitative estimate of drug-likeness (QED) is 0.690. The molecular weight excluding hydrogens is 270 g/mol. The van der Waals surface area contributed by atoms with Gasteiger partial charge in [0.1, 0.15) is 0 Å². The SMILES string of the molecule is Nc1ccc(C(=O)NCC(=O)NCC2CCOCC2)cc1. The number of nitrogens with one attached hydrogen (secondary N) is 2. The van der Waals surface area contributed by atoms with Crippen molar-refractivity contribution in [2.45, 2.75) is 12.8 Å². The van der Waals surface area contributed by atoms with Crippen LogP contribution in [0, 0.1) is 5.92 Å². The monoisotopic (exact) mass is 291 g/mol. The van der Waals surface area contributed by atoms with Gasteiger partial charge in [-0.2, -0.15) is 0 Å². The second-order valence-electron chi connectivity index (χ2n) is 5.16. The van der Waals surface area contributed by atoms with E-state index in [1.807, 2.05) is 0 Å². The van der Waals surface area contributed by atoms with E-state index in [1.165, 1.54) is 0 Å². The fourth-order valence-electron chi connectivity index (χ4n) is 2.17. The molecule has 1 heterocycles. The number of anilines is 1. The summed E-state index contributed by atoms with van der Waals surface area (Å²) < 4.78 is 5.26. The molecule has 114 valence electrons. The van der Waals surface area contributed by atoms with Crippen molar-refractivity contribution in [1.29, 1.82) is 0 Å². The third-order valence-electron chi connectivity index (χ3n) is 3.51. The number of nitrogens with two attached hydrogens (primary N) is 1. The smallest absolute Gasteiger partial charge is 0.251 e. The molecule has 0 bridgehead atoms. The number of carbonyl (C=O) groups is 2. The molecule has 1 aliphatic rings. The predicted octanol–water partition coefficient (Wildman–Crippen LogP) is 0.541. The third kappa shape index (κ3) is 5.07. The molecule has 0 spiro atoms. The van der Waals surface area contributed by atoms with E-state index < -0.39 is 0 Å². The second kappa shape index (κ2) is 7.64. The Morgan fingerprint density at radius 2 is 1.81 bits per heavy atom. The Kier molecular flexibility index (Phi) is 5.57. The highest BCUT2D eigenvalue weighted by Crippen LogP contribution is 2.12. The molecule has 0 saturated carbocycles. The van der Waals surface area contributed by atoms with E-state index in [9.17, 15) is 9.59 Å². The van der Waals surface area contributed by atoms with E-state index in [0.29, 0.717) is 23.7 Å². The Bertz CT molecular complexity index is 481. The molecule has 6 nitrogen and oxygen atoms in total. The normalized spacial score (nSPS) is 15.4. The number of nitrogen functional groups attached to an aromatic ring is 1. The predicted molar refractivity (Wildman–Crippen MR) is 79.7 cm³/mol. The van der Waals surface area contributed by atoms with E-state index in [-0.39, 0.29) is 18.4 Å². The lowest BCUT2D eigenvalue weighted by Gasteiger charge is -2.22. The minimum Gasteiger partial charge on any atom is -0.399 e. The first-order chi connectivity index (χ1) is 10.1. The number of hydrogen-bond donors (Lipinski definition) is 3. The summed E-state index contributed by atoms with van der Waals surface area (Å²) in [4.78, 5) is 23.5. The van der Waals surface area contributed by atoms with Crippen LogP contribution in [0.4, 0.5) is 5.69 Å². The van der Waals surface area contributed by atoms with Crippen molar-refractivity contribution in [3.8, 4) is 0 Å². The second-order valence-corrected chi connectivity index (χ2v) is 5.16. The Labute approximate surface area is 124 Å². The van der Waals surface area contributed by atoms with Gasteiger partial charge in [0.15, 0.2) is 0 Å². The van der Waals surface area contributed by atoms with Gasteiger partial charge in [0.25, 0.3) is 5.91 Å². The van der Waals surface area contributed by atoms with E-state index in [0.717, 1.165) is 26.1 Å². The van der Waals surface area contributed by atoms with Crippen LogP contribution in [0.5, 0.6) is 0 Å². The lowest BCUT2D eigenvalue weighted by atomic mass is 10.0. The van der Waals surface area contributed by atoms with Crippen molar-refractivity contribution in [2.75, 3.05) is 32.0 Å². The number of carbonyl (C=O) groups excluding carboxylic acids is 2. The largest absolute Gasteiger partial charge is 0.399 e. The molecule has 0 unspecified atom stereocenters. The average molecular weight is 291 g/mol. The zero-order valence-corrected chi connectivity index (χ0v) is 11.9. The lowest BCUT2D eigenvalue weighted by molar-refractivity contribution is -0.120. The van der Waals surface area contributed by atoms with Gasteiger partial charge in [-0.1, -0.05) is 0 Å². The molecule has 0 aromatic heterocycles. The van der Waals surface area contributed by atoms with E-state index in [4.69, 9.17) is 10.5 Å². The van der Waals surface area contributed by atoms with Crippen molar-refractivity contribution < 1.29 is 14.3 Å². The number of rotatable bonds is 5. The molecule has 21 heavy (non-hydrogen) atoms. The first kappa shape index (κ1) is 15.3. The molecular formula is C15H21N3O3. The summed E-state index contributed by atoms with van der Waals surface area (Å²) in [6.45, 7) is 2.13. The van der Waals surface area contributed by atoms with Crippen LogP contribution in [0.25, 0.3) is 0 Å². The van der Waals surface area contributed by atoms with Crippen LogP contribution in [0.2, 0.25) is 0 Å². The molecule has 6 heteroatoms. The van der Waals surface area contributed by atoms with Crippen molar-refractivity contribution in [2.24, 2.45) is 5.92 Å². The fourth-order valence-corrected chi connectivity index (χ4v) is 2.17. The van der Waals surface area contributed by atoms with Gasteiger partial charge in [0.05, 0.1) is 6.54 Å². The molecule has 2 rings (SSSR count). The van der Waals surface area contributed by atoms with Crippen LogP contribution in [-0.2, 0) is 9.53 Å². The van der Waals surface area contributed by atoms with Gasteiger partial charge in [-0.25, -0.2) is 0 Å². The van der Waals surface area contributed by atoms with Crippen molar-refractivity contribution >= 4 is 17.5 Å². The molecule has 1 saturated heterocycles. The maximum atomic E-state index is 11.8. The van der Waals surface area contributed by atoms with Gasteiger partial charge < -0.3 is 21.1 Å². The molecule has 1 aromatic rings. The summed E-state index contributed by atoms with van der Waals surface area (Å²) in [6, 6.07) is 6.56.